The molecule has 0 saturated heterocycles. The summed E-state index contributed by atoms with van der Waals surface area (Å²) < 4.78 is 38.6. The predicted octanol–water partition coefficient (Wildman–Crippen LogP) is 2.27. The number of nitrogens with zero attached hydrogens (tertiary/aromatic N) is 4. The molecule has 0 bridgehead atoms. The zero-order valence-corrected chi connectivity index (χ0v) is 9.46. The number of alkyl halides is 3. The van der Waals surface area contributed by atoms with E-state index in [0.717, 1.165) is 12.3 Å². The third kappa shape index (κ3) is 2.80. The van der Waals surface area contributed by atoms with Crippen LogP contribution in [0, 0.1) is 11.5 Å². The van der Waals surface area contributed by atoms with Gasteiger partial charge in [-0.05, 0) is 24.3 Å². The largest absolute Gasteiger partial charge is 0.433 e. The molecule has 2 aromatic heterocycles. The predicted molar refractivity (Wildman–Crippen MR) is 59.7 cm³/mol. The lowest BCUT2D eigenvalue weighted by Gasteiger charge is -2.08. The summed E-state index contributed by atoms with van der Waals surface area (Å²) in [6.07, 6.45) is -0.173. The van der Waals surface area contributed by atoms with Crippen LogP contribution in [-0.4, -0.2) is 9.55 Å². The molecule has 0 fully saturated rings. The Morgan fingerprint density at radius 1 is 1.21 bits per heavy atom. The van der Waals surface area contributed by atoms with Gasteiger partial charge in [-0.15, -0.1) is 0 Å². The molecule has 7 heteroatoms. The molecule has 0 aromatic carbocycles. The second-order valence-electron chi connectivity index (χ2n) is 3.54. The van der Waals surface area contributed by atoms with Gasteiger partial charge in [-0.25, -0.2) is 4.98 Å². The number of pyridine rings is 2. The first kappa shape index (κ1) is 12.8. The Hall–Kier alpha value is -2.62. The van der Waals surface area contributed by atoms with Crippen LogP contribution in [0.5, 0.6) is 0 Å². The van der Waals surface area contributed by atoms with Crippen molar-refractivity contribution < 1.29 is 13.2 Å². The molecule has 0 amide bonds. The van der Waals surface area contributed by atoms with Crippen molar-refractivity contribution in [2.24, 2.45) is 4.99 Å². The second-order valence-corrected chi connectivity index (χ2v) is 3.54. The van der Waals surface area contributed by atoms with E-state index in [0.29, 0.717) is 11.2 Å². The fourth-order valence-corrected chi connectivity index (χ4v) is 1.49. The minimum atomic E-state index is -4.47. The Labute approximate surface area is 106 Å². The van der Waals surface area contributed by atoms with Crippen LogP contribution in [0.3, 0.4) is 0 Å². The van der Waals surface area contributed by atoms with E-state index in [4.69, 9.17) is 5.26 Å². The standard InChI is InChI=1S/C12H7F3N4/c13-12(14,15)10-5-4-9(7-17-10)19-6-2-1-3-11(19)18-8-16/h1-7H/b18-11+. The summed E-state index contributed by atoms with van der Waals surface area (Å²) in [6.45, 7) is 0. The molecule has 0 aliphatic carbocycles. The van der Waals surface area contributed by atoms with Crippen molar-refractivity contribution in [3.05, 3.63) is 53.9 Å². The molecular weight excluding hydrogens is 257 g/mol. The van der Waals surface area contributed by atoms with Crippen molar-refractivity contribution >= 4 is 0 Å². The fourth-order valence-electron chi connectivity index (χ4n) is 1.49. The zero-order chi connectivity index (χ0) is 13.9. The highest BCUT2D eigenvalue weighted by molar-refractivity contribution is 5.30. The first-order valence-corrected chi connectivity index (χ1v) is 5.16. The van der Waals surface area contributed by atoms with E-state index in [1.54, 1.807) is 30.6 Å². The van der Waals surface area contributed by atoms with E-state index < -0.39 is 11.9 Å². The average molecular weight is 264 g/mol. The van der Waals surface area contributed by atoms with Crippen molar-refractivity contribution in [2.75, 3.05) is 0 Å². The number of hydrogen-bond acceptors (Lipinski definition) is 3. The quantitative estimate of drug-likeness (QED) is 0.742. The highest BCUT2D eigenvalue weighted by Crippen LogP contribution is 2.27. The first-order chi connectivity index (χ1) is 9.02. The summed E-state index contributed by atoms with van der Waals surface area (Å²) in [6, 6.07) is 7.07. The summed E-state index contributed by atoms with van der Waals surface area (Å²) in [5.41, 5.74) is -0.263. The lowest BCUT2D eigenvalue weighted by atomic mass is 10.3. The molecule has 2 aromatic rings. The van der Waals surface area contributed by atoms with Crippen LogP contribution in [0.15, 0.2) is 47.7 Å². The van der Waals surface area contributed by atoms with Crippen molar-refractivity contribution in [2.45, 2.75) is 6.18 Å². The highest BCUT2D eigenvalue weighted by Gasteiger charge is 2.32. The Kier molecular flexibility index (Phi) is 3.33. The summed E-state index contributed by atoms with van der Waals surface area (Å²) in [4.78, 5) is 6.93. The minimum Gasteiger partial charge on any atom is -0.300 e. The van der Waals surface area contributed by atoms with Gasteiger partial charge in [-0.1, -0.05) is 6.07 Å². The molecule has 0 N–H and O–H groups in total. The van der Waals surface area contributed by atoms with Crippen LogP contribution in [-0.2, 0) is 6.18 Å². The Morgan fingerprint density at radius 3 is 2.58 bits per heavy atom. The number of hydrogen-bond donors (Lipinski definition) is 0. The van der Waals surface area contributed by atoms with Gasteiger partial charge in [0.1, 0.15) is 11.2 Å². The molecule has 96 valence electrons. The van der Waals surface area contributed by atoms with Gasteiger partial charge in [0.05, 0.1) is 11.9 Å². The monoisotopic (exact) mass is 264 g/mol. The molecule has 0 unspecified atom stereocenters. The minimum absolute atomic E-state index is 0.312. The van der Waals surface area contributed by atoms with Gasteiger partial charge in [0, 0.05) is 6.20 Å². The third-order valence-electron chi connectivity index (χ3n) is 2.32. The fraction of sp³-hybridized carbons (Fsp3) is 0.0833. The molecule has 0 aliphatic rings. The zero-order valence-electron chi connectivity index (χ0n) is 9.46. The van der Waals surface area contributed by atoms with Gasteiger partial charge < -0.3 is 0 Å². The van der Waals surface area contributed by atoms with Crippen LogP contribution in [0.1, 0.15) is 5.69 Å². The topological polar surface area (TPSA) is 54.0 Å². The van der Waals surface area contributed by atoms with E-state index >= 15 is 0 Å². The Balaban J connectivity index is 2.50. The smallest absolute Gasteiger partial charge is 0.300 e. The van der Waals surface area contributed by atoms with E-state index in [-0.39, 0.29) is 0 Å². The van der Waals surface area contributed by atoms with Gasteiger partial charge in [0.15, 0.2) is 0 Å². The molecule has 2 rings (SSSR count). The Bertz CT molecular complexity index is 678. The van der Waals surface area contributed by atoms with Crippen molar-refractivity contribution in [1.29, 1.82) is 5.26 Å². The molecule has 0 radical (unpaired) electrons. The van der Waals surface area contributed by atoms with E-state index in [1.807, 2.05) is 0 Å². The average Bonchev–Trinajstić information content (AvgIpc) is 2.39. The molecule has 2 heterocycles. The lowest BCUT2D eigenvalue weighted by Crippen LogP contribution is -2.18. The SMILES string of the molecule is N#C/N=c1\ccccn1-c1ccc(C(F)(F)F)nc1. The summed E-state index contributed by atoms with van der Waals surface area (Å²) in [5.74, 6) is 0. The van der Waals surface area contributed by atoms with Crippen LogP contribution in [0.4, 0.5) is 13.2 Å². The van der Waals surface area contributed by atoms with Gasteiger partial charge in [-0.2, -0.15) is 23.4 Å². The van der Waals surface area contributed by atoms with Gasteiger partial charge in [-0.3, -0.25) is 4.57 Å². The normalized spacial score (nSPS) is 12.2. The van der Waals surface area contributed by atoms with E-state index in [9.17, 15) is 13.2 Å². The van der Waals surface area contributed by atoms with E-state index in [2.05, 4.69) is 9.98 Å². The maximum absolute atomic E-state index is 12.4. The van der Waals surface area contributed by atoms with Crippen LogP contribution in [0.25, 0.3) is 5.69 Å². The van der Waals surface area contributed by atoms with Gasteiger partial charge in [0.2, 0.25) is 6.19 Å². The molecule has 0 saturated carbocycles. The molecule has 19 heavy (non-hydrogen) atoms. The number of halogens is 3. The maximum Gasteiger partial charge on any atom is 0.433 e. The third-order valence-corrected chi connectivity index (χ3v) is 2.32. The molecule has 0 aliphatic heterocycles. The van der Waals surface area contributed by atoms with Crippen molar-refractivity contribution in [3.63, 3.8) is 0 Å². The molecule has 0 spiro atoms. The van der Waals surface area contributed by atoms with Crippen LogP contribution >= 0.6 is 0 Å². The molecule has 0 atom stereocenters. The van der Waals surface area contributed by atoms with E-state index in [1.165, 1.54) is 10.6 Å². The molecular formula is C12H7F3N4. The number of nitriles is 1. The summed E-state index contributed by atoms with van der Waals surface area (Å²) in [7, 11) is 0. The highest BCUT2D eigenvalue weighted by atomic mass is 19.4. The van der Waals surface area contributed by atoms with Gasteiger partial charge in [0.25, 0.3) is 0 Å². The van der Waals surface area contributed by atoms with Crippen molar-refractivity contribution in [3.8, 4) is 11.9 Å². The van der Waals surface area contributed by atoms with Crippen LogP contribution in [0.2, 0.25) is 0 Å². The summed E-state index contributed by atoms with van der Waals surface area (Å²) in [5, 5.41) is 8.55. The lowest BCUT2D eigenvalue weighted by molar-refractivity contribution is -0.141. The van der Waals surface area contributed by atoms with Gasteiger partial charge >= 0.3 is 6.18 Å². The maximum atomic E-state index is 12.4. The van der Waals surface area contributed by atoms with Crippen LogP contribution < -0.4 is 5.49 Å². The summed E-state index contributed by atoms with van der Waals surface area (Å²) >= 11 is 0. The first-order valence-electron chi connectivity index (χ1n) is 5.16. The number of aromatic nitrogens is 2. The Morgan fingerprint density at radius 2 is 2.00 bits per heavy atom. The van der Waals surface area contributed by atoms with Crippen molar-refractivity contribution in [1.82, 2.24) is 9.55 Å². The number of rotatable bonds is 1. The second kappa shape index (κ2) is 4.94. The molecule has 4 nitrogen and oxygen atoms in total.